The summed E-state index contributed by atoms with van der Waals surface area (Å²) in [4.78, 5) is 23.0. The summed E-state index contributed by atoms with van der Waals surface area (Å²) in [5.41, 5.74) is 3.31. The standard InChI is InChI=1S/C16H21NO3/c1-10-4-3-5-11(2)14(10)9-15(18)17-13-7-6-12(8-13)16(19)20/h3-5,12-13H,6-9H2,1-2H3,(H,17,18)(H,19,20)/t12-,13+/m1/s1. The van der Waals surface area contributed by atoms with E-state index in [9.17, 15) is 9.59 Å². The van der Waals surface area contributed by atoms with Crippen LogP contribution in [0.5, 0.6) is 0 Å². The number of nitrogens with one attached hydrogen (secondary N) is 1. The fourth-order valence-corrected chi connectivity index (χ4v) is 2.90. The maximum Gasteiger partial charge on any atom is 0.306 e. The fraction of sp³-hybridized carbons (Fsp3) is 0.500. The van der Waals surface area contributed by atoms with Gasteiger partial charge in [0.25, 0.3) is 0 Å². The Morgan fingerprint density at radius 1 is 1.25 bits per heavy atom. The molecule has 1 fully saturated rings. The van der Waals surface area contributed by atoms with E-state index >= 15 is 0 Å². The second-order valence-corrected chi connectivity index (χ2v) is 5.66. The Morgan fingerprint density at radius 2 is 1.90 bits per heavy atom. The van der Waals surface area contributed by atoms with Crippen molar-refractivity contribution in [2.75, 3.05) is 0 Å². The van der Waals surface area contributed by atoms with Gasteiger partial charge in [-0.1, -0.05) is 18.2 Å². The van der Waals surface area contributed by atoms with Crippen LogP contribution in [0.3, 0.4) is 0 Å². The van der Waals surface area contributed by atoms with Crippen molar-refractivity contribution in [1.82, 2.24) is 5.32 Å². The third-order valence-corrected chi connectivity index (χ3v) is 4.13. The van der Waals surface area contributed by atoms with Crippen molar-refractivity contribution >= 4 is 11.9 Å². The first-order chi connectivity index (χ1) is 9.47. The Kier molecular flexibility index (Phi) is 4.42. The molecule has 0 heterocycles. The van der Waals surface area contributed by atoms with Crippen molar-refractivity contribution in [3.05, 3.63) is 34.9 Å². The maximum absolute atomic E-state index is 12.1. The predicted octanol–water partition coefficient (Wildman–Crippen LogP) is 2.22. The highest BCUT2D eigenvalue weighted by molar-refractivity contribution is 5.80. The van der Waals surface area contributed by atoms with E-state index in [1.807, 2.05) is 32.0 Å². The lowest BCUT2D eigenvalue weighted by Crippen LogP contribution is -2.34. The van der Waals surface area contributed by atoms with Gasteiger partial charge in [-0.15, -0.1) is 0 Å². The minimum atomic E-state index is -0.753. The molecule has 1 saturated carbocycles. The Labute approximate surface area is 119 Å². The normalized spacial score (nSPS) is 21.7. The van der Waals surface area contributed by atoms with Gasteiger partial charge < -0.3 is 10.4 Å². The minimum Gasteiger partial charge on any atom is -0.481 e. The van der Waals surface area contributed by atoms with Gasteiger partial charge in [-0.05, 0) is 49.8 Å². The van der Waals surface area contributed by atoms with Crippen LogP contribution < -0.4 is 5.32 Å². The number of amides is 1. The molecule has 0 bridgehead atoms. The monoisotopic (exact) mass is 275 g/mol. The predicted molar refractivity (Wildman–Crippen MR) is 76.5 cm³/mol. The number of carboxylic acid groups (broad SMARTS) is 1. The van der Waals surface area contributed by atoms with Crippen LogP contribution in [0.1, 0.15) is 36.0 Å². The Morgan fingerprint density at radius 3 is 2.45 bits per heavy atom. The molecule has 0 spiro atoms. The molecule has 1 aliphatic rings. The van der Waals surface area contributed by atoms with Crippen LogP contribution in [0, 0.1) is 19.8 Å². The zero-order valence-corrected chi connectivity index (χ0v) is 12.0. The summed E-state index contributed by atoms with van der Waals surface area (Å²) in [6, 6.07) is 6.01. The van der Waals surface area contributed by atoms with Crippen LogP contribution in [-0.4, -0.2) is 23.0 Å². The highest BCUT2D eigenvalue weighted by atomic mass is 16.4. The highest BCUT2D eigenvalue weighted by Gasteiger charge is 2.30. The van der Waals surface area contributed by atoms with Crippen molar-refractivity contribution in [2.45, 2.75) is 45.6 Å². The van der Waals surface area contributed by atoms with Gasteiger partial charge in [0.1, 0.15) is 0 Å². The van der Waals surface area contributed by atoms with E-state index in [-0.39, 0.29) is 17.9 Å². The van der Waals surface area contributed by atoms with Gasteiger partial charge in [-0.2, -0.15) is 0 Å². The van der Waals surface area contributed by atoms with Gasteiger partial charge >= 0.3 is 5.97 Å². The molecule has 20 heavy (non-hydrogen) atoms. The maximum atomic E-state index is 12.1. The molecule has 0 radical (unpaired) electrons. The van der Waals surface area contributed by atoms with E-state index in [2.05, 4.69) is 5.32 Å². The van der Waals surface area contributed by atoms with E-state index in [0.29, 0.717) is 19.3 Å². The average molecular weight is 275 g/mol. The first-order valence-corrected chi connectivity index (χ1v) is 7.04. The highest BCUT2D eigenvalue weighted by Crippen LogP contribution is 2.25. The van der Waals surface area contributed by atoms with Crippen LogP contribution in [0.2, 0.25) is 0 Å². The molecule has 0 unspecified atom stereocenters. The number of carbonyl (C=O) groups is 2. The van der Waals surface area contributed by atoms with E-state index in [1.54, 1.807) is 0 Å². The van der Waals surface area contributed by atoms with Crippen LogP contribution in [-0.2, 0) is 16.0 Å². The molecule has 2 rings (SSSR count). The van der Waals surface area contributed by atoms with Gasteiger partial charge in [0, 0.05) is 6.04 Å². The molecular formula is C16H21NO3. The number of rotatable bonds is 4. The smallest absolute Gasteiger partial charge is 0.306 e. The number of carboxylic acids is 1. The average Bonchev–Trinajstić information content (AvgIpc) is 2.82. The fourth-order valence-electron chi connectivity index (χ4n) is 2.90. The topological polar surface area (TPSA) is 66.4 Å². The second kappa shape index (κ2) is 6.07. The zero-order valence-electron chi connectivity index (χ0n) is 12.0. The van der Waals surface area contributed by atoms with E-state index in [4.69, 9.17) is 5.11 Å². The summed E-state index contributed by atoms with van der Waals surface area (Å²) >= 11 is 0. The quantitative estimate of drug-likeness (QED) is 0.885. The van der Waals surface area contributed by atoms with Crippen molar-refractivity contribution in [1.29, 1.82) is 0 Å². The second-order valence-electron chi connectivity index (χ2n) is 5.66. The third-order valence-electron chi connectivity index (χ3n) is 4.13. The molecule has 4 nitrogen and oxygen atoms in total. The van der Waals surface area contributed by atoms with Crippen molar-refractivity contribution in [3.8, 4) is 0 Å². The Bertz CT molecular complexity index is 504. The van der Waals surface area contributed by atoms with Gasteiger partial charge in [0.2, 0.25) is 5.91 Å². The molecule has 4 heteroatoms. The van der Waals surface area contributed by atoms with E-state index in [0.717, 1.165) is 23.1 Å². The summed E-state index contributed by atoms with van der Waals surface area (Å²) in [5, 5.41) is 11.9. The molecule has 2 atom stereocenters. The Balaban J connectivity index is 1.92. The summed E-state index contributed by atoms with van der Waals surface area (Å²) < 4.78 is 0. The van der Waals surface area contributed by atoms with Crippen molar-refractivity contribution < 1.29 is 14.7 Å². The number of carbonyl (C=O) groups excluding carboxylic acids is 1. The minimum absolute atomic E-state index is 0.00734. The first-order valence-electron chi connectivity index (χ1n) is 7.04. The largest absolute Gasteiger partial charge is 0.481 e. The molecule has 0 aromatic heterocycles. The molecule has 1 aliphatic carbocycles. The molecule has 1 aromatic carbocycles. The summed E-state index contributed by atoms with van der Waals surface area (Å²) in [7, 11) is 0. The first kappa shape index (κ1) is 14.6. The molecule has 2 N–H and O–H groups in total. The lowest BCUT2D eigenvalue weighted by atomic mass is 9.99. The molecule has 1 aromatic rings. The molecular weight excluding hydrogens is 254 g/mol. The summed E-state index contributed by atoms with van der Waals surface area (Å²) in [6.45, 7) is 4.01. The molecule has 108 valence electrons. The van der Waals surface area contributed by atoms with Gasteiger partial charge in [0.15, 0.2) is 0 Å². The lowest BCUT2D eigenvalue weighted by molar-refractivity contribution is -0.141. The zero-order chi connectivity index (χ0) is 14.7. The third kappa shape index (κ3) is 3.38. The number of hydrogen-bond acceptors (Lipinski definition) is 2. The van der Waals surface area contributed by atoms with E-state index < -0.39 is 5.97 Å². The molecule has 0 aliphatic heterocycles. The number of aliphatic carboxylic acids is 1. The Hall–Kier alpha value is -1.84. The number of hydrogen-bond donors (Lipinski definition) is 2. The van der Waals surface area contributed by atoms with Crippen LogP contribution in [0.4, 0.5) is 0 Å². The van der Waals surface area contributed by atoms with Crippen molar-refractivity contribution in [2.24, 2.45) is 5.92 Å². The molecule has 0 saturated heterocycles. The molecule has 1 amide bonds. The van der Waals surface area contributed by atoms with E-state index in [1.165, 1.54) is 0 Å². The van der Waals surface area contributed by atoms with Gasteiger partial charge in [-0.3, -0.25) is 9.59 Å². The summed E-state index contributed by atoms with van der Waals surface area (Å²) in [6.07, 6.45) is 2.33. The van der Waals surface area contributed by atoms with Gasteiger partial charge in [0.05, 0.1) is 12.3 Å². The van der Waals surface area contributed by atoms with Gasteiger partial charge in [-0.25, -0.2) is 0 Å². The lowest BCUT2D eigenvalue weighted by Gasteiger charge is -2.14. The van der Waals surface area contributed by atoms with Crippen LogP contribution in [0.25, 0.3) is 0 Å². The van der Waals surface area contributed by atoms with Crippen LogP contribution in [0.15, 0.2) is 18.2 Å². The number of benzene rings is 1. The van der Waals surface area contributed by atoms with Crippen LogP contribution >= 0.6 is 0 Å². The summed E-state index contributed by atoms with van der Waals surface area (Å²) in [5.74, 6) is -1.07. The van der Waals surface area contributed by atoms with Crippen molar-refractivity contribution in [3.63, 3.8) is 0 Å². The number of aryl methyl sites for hydroxylation is 2. The SMILES string of the molecule is Cc1cccc(C)c1CC(=O)N[C@H]1CC[C@@H](C(=O)O)C1.